The minimum atomic E-state index is -0.193. The summed E-state index contributed by atoms with van der Waals surface area (Å²) in [5, 5.41) is 7.04. The highest BCUT2D eigenvalue weighted by Gasteiger charge is 2.15. The lowest BCUT2D eigenvalue weighted by atomic mass is 10.2. The number of benzene rings is 1. The van der Waals surface area contributed by atoms with Gasteiger partial charge >= 0.3 is 0 Å². The van der Waals surface area contributed by atoms with Crippen LogP contribution in [0.25, 0.3) is 0 Å². The monoisotopic (exact) mass is 302 g/mol. The average molecular weight is 302 g/mol. The fourth-order valence-electron chi connectivity index (χ4n) is 2.18. The maximum absolute atomic E-state index is 11.9. The molecule has 1 atom stereocenters. The van der Waals surface area contributed by atoms with Gasteiger partial charge in [0.2, 0.25) is 5.91 Å². The summed E-state index contributed by atoms with van der Waals surface area (Å²) in [5.41, 5.74) is 1.05. The smallest absolute Gasteiger partial charge is 0.246 e. The fourth-order valence-corrected chi connectivity index (χ4v) is 2.18. The van der Waals surface area contributed by atoms with Crippen molar-refractivity contribution in [3.05, 3.63) is 48.0 Å². The van der Waals surface area contributed by atoms with Gasteiger partial charge in [0, 0.05) is 6.54 Å². The maximum atomic E-state index is 11.9. The van der Waals surface area contributed by atoms with E-state index in [0.717, 1.165) is 24.4 Å². The molecule has 0 bridgehead atoms. The second kappa shape index (κ2) is 8.29. The van der Waals surface area contributed by atoms with E-state index in [4.69, 9.17) is 4.74 Å². The molecule has 0 unspecified atom stereocenters. The molecule has 2 rings (SSSR count). The number of hydrogen-bond acceptors (Lipinski definition) is 4. The molecule has 1 N–H and O–H groups in total. The normalized spacial score (nSPS) is 12.1. The zero-order valence-corrected chi connectivity index (χ0v) is 13.0. The Kier molecular flexibility index (Phi) is 6.09. The van der Waals surface area contributed by atoms with Crippen LogP contribution in [0.4, 0.5) is 0 Å². The minimum absolute atomic E-state index is 0.0289. The van der Waals surface area contributed by atoms with Crippen LogP contribution < -0.4 is 5.32 Å². The van der Waals surface area contributed by atoms with Gasteiger partial charge in [-0.3, -0.25) is 4.79 Å². The third kappa shape index (κ3) is 4.66. The highest BCUT2D eigenvalue weighted by molar-refractivity contribution is 5.77. The largest absolute Gasteiger partial charge is 0.367 e. The Bertz CT molecular complexity index is 583. The van der Waals surface area contributed by atoms with Crippen molar-refractivity contribution in [2.75, 3.05) is 6.61 Å². The Morgan fingerprint density at radius 2 is 2.14 bits per heavy atom. The number of ether oxygens (including phenoxy) is 1. The number of aryl methyl sites for hydroxylation is 1. The molecule has 6 nitrogen and oxygen atoms in total. The van der Waals surface area contributed by atoms with Crippen LogP contribution in [0.1, 0.15) is 37.7 Å². The predicted molar refractivity (Wildman–Crippen MR) is 83.0 cm³/mol. The van der Waals surface area contributed by atoms with Crippen molar-refractivity contribution in [1.82, 2.24) is 20.1 Å². The first-order valence-electron chi connectivity index (χ1n) is 7.49. The molecule has 0 spiro atoms. The molecule has 0 radical (unpaired) electrons. The first-order valence-corrected chi connectivity index (χ1v) is 7.49. The lowest BCUT2D eigenvalue weighted by Crippen LogP contribution is -2.31. The van der Waals surface area contributed by atoms with Gasteiger partial charge in [-0.25, -0.2) is 9.67 Å². The van der Waals surface area contributed by atoms with Crippen LogP contribution in [0, 0.1) is 0 Å². The van der Waals surface area contributed by atoms with Crippen molar-refractivity contribution >= 4 is 5.91 Å². The molecular formula is C16H22N4O2. The van der Waals surface area contributed by atoms with Crippen molar-refractivity contribution in [2.45, 2.75) is 39.5 Å². The molecule has 0 saturated carbocycles. The molecule has 118 valence electrons. The van der Waals surface area contributed by atoms with Crippen molar-refractivity contribution in [1.29, 1.82) is 0 Å². The molecule has 6 heteroatoms. The lowest BCUT2D eigenvalue weighted by molar-refractivity contribution is -0.126. The number of hydrogen-bond donors (Lipinski definition) is 1. The number of aromatic nitrogens is 3. The van der Waals surface area contributed by atoms with Crippen LogP contribution in [0.5, 0.6) is 0 Å². The second-order valence-corrected chi connectivity index (χ2v) is 5.11. The average Bonchev–Trinajstić information content (AvgIpc) is 2.97. The van der Waals surface area contributed by atoms with Gasteiger partial charge in [0.05, 0.1) is 12.6 Å². The Balaban J connectivity index is 1.77. The summed E-state index contributed by atoms with van der Waals surface area (Å²) in [6.45, 7) is 5.22. The van der Waals surface area contributed by atoms with Crippen LogP contribution in [-0.4, -0.2) is 27.3 Å². The molecule has 1 amide bonds. The van der Waals surface area contributed by atoms with Gasteiger partial charge in [-0.1, -0.05) is 37.3 Å². The third-order valence-electron chi connectivity index (χ3n) is 3.19. The van der Waals surface area contributed by atoms with E-state index in [-0.39, 0.29) is 18.6 Å². The molecule has 1 aromatic heterocycles. The Labute approximate surface area is 130 Å². The number of nitrogens with zero attached hydrogens (tertiary/aromatic N) is 3. The molecule has 0 aliphatic heterocycles. The van der Waals surface area contributed by atoms with Crippen molar-refractivity contribution in [2.24, 2.45) is 0 Å². The quantitative estimate of drug-likeness (QED) is 0.810. The second-order valence-electron chi connectivity index (χ2n) is 5.11. The third-order valence-corrected chi connectivity index (χ3v) is 3.19. The molecule has 22 heavy (non-hydrogen) atoms. The molecule has 0 saturated heterocycles. The van der Waals surface area contributed by atoms with E-state index in [1.165, 1.54) is 6.33 Å². The topological polar surface area (TPSA) is 69.0 Å². The van der Waals surface area contributed by atoms with Gasteiger partial charge in [0.1, 0.15) is 18.8 Å². The molecule has 2 aromatic rings. The number of nitrogens with one attached hydrogen (secondary N) is 1. The molecule has 0 fully saturated rings. The van der Waals surface area contributed by atoms with E-state index >= 15 is 0 Å². The predicted octanol–water partition coefficient (Wildman–Crippen LogP) is 2.08. The Morgan fingerprint density at radius 1 is 1.36 bits per heavy atom. The molecule has 0 aliphatic carbocycles. The van der Waals surface area contributed by atoms with Gasteiger partial charge in [0.15, 0.2) is 0 Å². The van der Waals surface area contributed by atoms with Crippen molar-refractivity contribution in [3.63, 3.8) is 0 Å². The summed E-state index contributed by atoms with van der Waals surface area (Å²) < 4.78 is 7.24. The number of amides is 1. The molecule has 0 aliphatic rings. The van der Waals surface area contributed by atoms with E-state index in [0.29, 0.717) is 6.61 Å². The molecule has 1 aromatic carbocycles. The van der Waals surface area contributed by atoms with Gasteiger partial charge in [-0.15, -0.1) is 0 Å². The zero-order valence-electron chi connectivity index (χ0n) is 13.0. The first kappa shape index (κ1) is 16.2. The minimum Gasteiger partial charge on any atom is -0.367 e. The van der Waals surface area contributed by atoms with E-state index in [1.54, 1.807) is 0 Å². The lowest BCUT2D eigenvalue weighted by Gasteiger charge is -2.14. The molecular weight excluding hydrogens is 280 g/mol. The van der Waals surface area contributed by atoms with Crippen LogP contribution in [0.15, 0.2) is 36.7 Å². The van der Waals surface area contributed by atoms with E-state index < -0.39 is 0 Å². The SMILES string of the molecule is CCCn1ncnc1[C@@H](C)NC(=O)COCc1ccccc1. The van der Waals surface area contributed by atoms with Gasteiger partial charge in [-0.2, -0.15) is 5.10 Å². The number of rotatable bonds is 8. The number of carbonyl (C=O) groups excluding carboxylic acids is 1. The Morgan fingerprint density at radius 3 is 2.86 bits per heavy atom. The summed E-state index contributed by atoms with van der Waals surface area (Å²) in [5.74, 6) is 0.604. The van der Waals surface area contributed by atoms with Crippen LogP contribution in [-0.2, 0) is 22.7 Å². The zero-order chi connectivity index (χ0) is 15.8. The van der Waals surface area contributed by atoms with E-state index in [9.17, 15) is 4.79 Å². The summed E-state index contributed by atoms with van der Waals surface area (Å²) in [6, 6.07) is 9.58. The number of carbonyl (C=O) groups is 1. The van der Waals surface area contributed by atoms with E-state index in [1.807, 2.05) is 41.9 Å². The highest BCUT2D eigenvalue weighted by Crippen LogP contribution is 2.09. The van der Waals surface area contributed by atoms with Crippen molar-refractivity contribution < 1.29 is 9.53 Å². The van der Waals surface area contributed by atoms with Crippen LogP contribution in [0.2, 0.25) is 0 Å². The van der Waals surface area contributed by atoms with Gasteiger partial charge in [-0.05, 0) is 18.9 Å². The van der Waals surface area contributed by atoms with Gasteiger partial charge in [0.25, 0.3) is 0 Å². The maximum Gasteiger partial charge on any atom is 0.246 e. The summed E-state index contributed by atoms with van der Waals surface area (Å²) >= 11 is 0. The Hall–Kier alpha value is -2.21. The summed E-state index contributed by atoms with van der Waals surface area (Å²) in [4.78, 5) is 16.1. The summed E-state index contributed by atoms with van der Waals surface area (Å²) in [7, 11) is 0. The molecule has 1 heterocycles. The first-order chi connectivity index (χ1) is 10.7. The van der Waals surface area contributed by atoms with Gasteiger partial charge < -0.3 is 10.1 Å². The summed E-state index contributed by atoms with van der Waals surface area (Å²) in [6.07, 6.45) is 2.48. The van der Waals surface area contributed by atoms with E-state index in [2.05, 4.69) is 22.3 Å². The van der Waals surface area contributed by atoms with Crippen LogP contribution >= 0.6 is 0 Å². The fraction of sp³-hybridized carbons (Fsp3) is 0.438. The highest BCUT2D eigenvalue weighted by atomic mass is 16.5. The van der Waals surface area contributed by atoms with Crippen molar-refractivity contribution in [3.8, 4) is 0 Å². The standard InChI is InChI=1S/C16H22N4O2/c1-3-9-20-16(17-12-18-20)13(2)19-15(21)11-22-10-14-7-5-4-6-8-14/h4-8,12-13H,3,9-11H2,1-2H3,(H,19,21)/t13-/m1/s1. The van der Waals surface area contributed by atoms with Crippen LogP contribution in [0.3, 0.4) is 0 Å².